The summed E-state index contributed by atoms with van der Waals surface area (Å²) >= 11 is 0. The Labute approximate surface area is 166 Å². The van der Waals surface area contributed by atoms with Crippen LogP contribution in [0.1, 0.15) is 36.5 Å². The quantitative estimate of drug-likeness (QED) is 0.728. The molecule has 0 atom stereocenters. The number of hydrogen-bond donors (Lipinski definition) is 0. The van der Waals surface area contributed by atoms with Crippen molar-refractivity contribution < 1.29 is 19.0 Å². The number of rotatable bonds is 7. The Bertz CT molecular complexity index is 840. The summed E-state index contributed by atoms with van der Waals surface area (Å²) in [5.41, 5.74) is 4.09. The third kappa shape index (κ3) is 3.40. The van der Waals surface area contributed by atoms with Gasteiger partial charge in [-0.2, -0.15) is 0 Å². The number of ether oxygens (including phenoxy) is 3. The van der Waals surface area contributed by atoms with E-state index in [0.717, 1.165) is 36.3 Å². The average Bonchev–Trinajstić information content (AvgIpc) is 3.29. The molecule has 0 N–H and O–H groups in total. The van der Waals surface area contributed by atoms with Gasteiger partial charge in [-0.05, 0) is 49.6 Å². The van der Waals surface area contributed by atoms with E-state index in [1.54, 1.807) is 4.90 Å². The first-order valence-corrected chi connectivity index (χ1v) is 10.1. The molecule has 2 aliphatic rings. The van der Waals surface area contributed by atoms with Crippen LogP contribution in [0.5, 0.6) is 5.75 Å². The molecular formula is C23H27NO4. The number of carbonyl (C=O) groups is 1. The van der Waals surface area contributed by atoms with Crippen molar-refractivity contribution in [2.75, 3.05) is 31.3 Å². The Kier molecular flexibility index (Phi) is 5.38. The normalized spacial score (nSPS) is 17.4. The van der Waals surface area contributed by atoms with E-state index in [0.29, 0.717) is 26.4 Å². The van der Waals surface area contributed by atoms with Crippen LogP contribution in [0, 0.1) is 6.92 Å². The monoisotopic (exact) mass is 381 g/mol. The number of hydrogen-bond acceptors (Lipinski definition) is 4. The fourth-order valence-electron chi connectivity index (χ4n) is 3.82. The molecule has 2 aromatic carbocycles. The van der Waals surface area contributed by atoms with E-state index in [-0.39, 0.29) is 5.91 Å². The number of unbranched alkanes of at least 4 members (excludes halogenated alkanes) is 1. The second-order valence-electron chi connectivity index (χ2n) is 7.39. The molecule has 1 fully saturated rings. The lowest BCUT2D eigenvalue weighted by molar-refractivity contribution is -0.180. The third-order valence-electron chi connectivity index (χ3n) is 5.35. The highest BCUT2D eigenvalue weighted by Crippen LogP contribution is 2.46. The third-order valence-corrected chi connectivity index (χ3v) is 5.35. The van der Waals surface area contributed by atoms with Crippen molar-refractivity contribution >= 4 is 11.6 Å². The van der Waals surface area contributed by atoms with Gasteiger partial charge in [0.2, 0.25) is 0 Å². The fourth-order valence-corrected chi connectivity index (χ4v) is 3.82. The highest BCUT2D eigenvalue weighted by molar-refractivity contribution is 6.06. The summed E-state index contributed by atoms with van der Waals surface area (Å²) < 4.78 is 17.5. The van der Waals surface area contributed by atoms with Crippen molar-refractivity contribution in [1.82, 2.24) is 0 Å². The zero-order valence-corrected chi connectivity index (χ0v) is 16.6. The Morgan fingerprint density at radius 3 is 2.57 bits per heavy atom. The van der Waals surface area contributed by atoms with E-state index < -0.39 is 5.79 Å². The first-order valence-electron chi connectivity index (χ1n) is 10.1. The summed E-state index contributed by atoms with van der Waals surface area (Å²) in [4.78, 5) is 15.0. The molecule has 2 aromatic rings. The predicted molar refractivity (Wildman–Crippen MR) is 108 cm³/mol. The fraction of sp³-hybridized carbons (Fsp3) is 0.435. The van der Waals surface area contributed by atoms with Crippen LogP contribution < -0.4 is 9.64 Å². The lowest BCUT2D eigenvalue weighted by Crippen LogP contribution is -2.42. The van der Waals surface area contributed by atoms with E-state index in [9.17, 15) is 4.79 Å². The van der Waals surface area contributed by atoms with Gasteiger partial charge < -0.3 is 19.1 Å². The molecule has 5 heteroatoms. The molecule has 0 saturated carbocycles. The first-order chi connectivity index (χ1) is 13.6. The molecule has 28 heavy (non-hydrogen) atoms. The van der Waals surface area contributed by atoms with Gasteiger partial charge in [0, 0.05) is 5.56 Å². The zero-order valence-electron chi connectivity index (χ0n) is 16.6. The van der Waals surface area contributed by atoms with Gasteiger partial charge in [-0.15, -0.1) is 0 Å². The van der Waals surface area contributed by atoms with Gasteiger partial charge in [-0.3, -0.25) is 4.79 Å². The van der Waals surface area contributed by atoms with Crippen LogP contribution in [-0.4, -0.2) is 32.3 Å². The van der Waals surface area contributed by atoms with Crippen molar-refractivity contribution in [3.63, 3.8) is 0 Å². The van der Waals surface area contributed by atoms with Crippen LogP contribution in [0.3, 0.4) is 0 Å². The number of fused-ring (bicyclic) bond motifs is 2. The lowest BCUT2D eigenvalue weighted by Gasteiger charge is -2.22. The second kappa shape index (κ2) is 7.94. The second-order valence-corrected chi connectivity index (χ2v) is 7.39. The Hall–Kier alpha value is -2.37. The number of benzene rings is 2. The lowest BCUT2D eigenvalue weighted by atomic mass is 10.0. The number of nitrogens with zero attached hydrogens (tertiary/aromatic N) is 1. The van der Waals surface area contributed by atoms with Crippen molar-refractivity contribution in [3.8, 4) is 5.75 Å². The number of amides is 1. The van der Waals surface area contributed by atoms with E-state index >= 15 is 0 Å². The van der Waals surface area contributed by atoms with Gasteiger partial charge in [0.15, 0.2) is 0 Å². The molecule has 0 bridgehead atoms. The van der Waals surface area contributed by atoms with Gasteiger partial charge in [0.05, 0.1) is 25.4 Å². The van der Waals surface area contributed by atoms with Crippen molar-refractivity contribution in [3.05, 3.63) is 59.2 Å². The predicted octanol–water partition coefficient (Wildman–Crippen LogP) is 3.96. The van der Waals surface area contributed by atoms with Crippen molar-refractivity contribution in [2.24, 2.45) is 0 Å². The van der Waals surface area contributed by atoms with Crippen LogP contribution in [0.2, 0.25) is 0 Å². The molecule has 1 saturated heterocycles. The molecule has 4 rings (SSSR count). The molecule has 2 aliphatic heterocycles. The molecule has 148 valence electrons. The van der Waals surface area contributed by atoms with Gasteiger partial charge in [-0.1, -0.05) is 37.1 Å². The molecular weight excluding hydrogens is 354 g/mol. The molecule has 0 unspecified atom stereocenters. The van der Waals surface area contributed by atoms with Crippen LogP contribution in [0.15, 0.2) is 42.5 Å². The van der Waals surface area contributed by atoms with E-state index in [1.165, 1.54) is 11.1 Å². The SMILES string of the molecule is CCCCc1ccc2c(c1)C1(OCCO1)C(=O)N2CCOc1ccc(C)cc1. The standard InChI is InChI=1S/C23H27NO4/c1-3-4-5-18-8-11-21-20(16-18)23(27-14-15-28-23)22(25)24(21)12-13-26-19-9-6-17(2)7-10-19/h6-11,16H,3-5,12-15H2,1-2H3. The summed E-state index contributed by atoms with van der Waals surface area (Å²) in [6.45, 7) is 5.93. The highest BCUT2D eigenvalue weighted by Gasteiger charge is 2.56. The average molecular weight is 381 g/mol. The van der Waals surface area contributed by atoms with Gasteiger partial charge in [-0.25, -0.2) is 0 Å². The van der Waals surface area contributed by atoms with Crippen LogP contribution in [0.4, 0.5) is 5.69 Å². The topological polar surface area (TPSA) is 48.0 Å². The van der Waals surface area contributed by atoms with Gasteiger partial charge in [0.25, 0.3) is 11.7 Å². The maximum atomic E-state index is 13.2. The molecule has 0 radical (unpaired) electrons. The van der Waals surface area contributed by atoms with Gasteiger partial charge >= 0.3 is 0 Å². The molecule has 5 nitrogen and oxygen atoms in total. The van der Waals surface area contributed by atoms with Crippen LogP contribution in [-0.2, 0) is 26.5 Å². The van der Waals surface area contributed by atoms with Crippen molar-refractivity contribution in [1.29, 1.82) is 0 Å². The smallest absolute Gasteiger partial charge is 0.292 e. The minimum atomic E-state index is -1.28. The Morgan fingerprint density at radius 2 is 1.86 bits per heavy atom. The summed E-state index contributed by atoms with van der Waals surface area (Å²) in [5.74, 6) is -0.628. The zero-order chi connectivity index (χ0) is 19.6. The maximum Gasteiger partial charge on any atom is 0.292 e. The summed E-state index contributed by atoms with van der Waals surface area (Å²) in [6.07, 6.45) is 3.25. The van der Waals surface area contributed by atoms with Crippen LogP contribution >= 0.6 is 0 Å². The molecule has 0 aromatic heterocycles. The minimum Gasteiger partial charge on any atom is -0.492 e. The maximum absolute atomic E-state index is 13.2. The van der Waals surface area contributed by atoms with E-state index in [4.69, 9.17) is 14.2 Å². The highest BCUT2D eigenvalue weighted by atomic mass is 16.7. The van der Waals surface area contributed by atoms with E-state index in [2.05, 4.69) is 19.1 Å². The molecule has 0 aliphatic carbocycles. The van der Waals surface area contributed by atoms with Gasteiger partial charge in [0.1, 0.15) is 12.4 Å². The Morgan fingerprint density at radius 1 is 1.11 bits per heavy atom. The largest absolute Gasteiger partial charge is 0.492 e. The number of aryl methyl sites for hydroxylation is 2. The molecule has 1 spiro atoms. The van der Waals surface area contributed by atoms with Crippen molar-refractivity contribution in [2.45, 2.75) is 38.9 Å². The Balaban J connectivity index is 1.53. The minimum absolute atomic E-state index is 0.153. The first kappa shape index (κ1) is 19.0. The summed E-state index contributed by atoms with van der Waals surface area (Å²) in [5, 5.41) is 0. The van der Waals surface area contributed by atoms with Crippen LogP contribution in [0.25, 0.3) is 0 Å². The van der Waals surface area contributed by atoms with E-state index in [1.807, 2.05) is 37.3 Å². The molecule has 1 amide bonds. The number of carbonyl (C=O) groups excluding carboxylic acids is 1. The molecule has 2 heterocycles. The summed E-state index contributed by atoms with van der Waals surface area (Å²) in [6, 6.07) is 14.1. The summed E-state index contributed by atoms with van der Waals surface area (Å²) in [7, 11) is 0. The number of anilines is 1.